The average Bonchev–Trinajstić information content (AvgIpc) is 3.13. The van der Waals surface area contributed by atoms with Gasteiger partial charge in [-0.05, 0) is 61.4 Å². The Morgan fingerprint density at radius 2 is 1.79 bits per heavy atom. The van der Waals surface area contributed by atoms with Gasteiger partial charge in [-0.15, -0.1) is 0 Å². The van der Waals surface area contributed by atoms with E-state index in [4.69, 9.17) is 0 Å². The molecule has 0 fully saturated rings. The summed E-state index contributed by atoms with van der Waals surface area (Å²) in [7, 11) is -3.41. The van der Waals surface area contributed by atoms with Crippen LogP contribution in [0.1, 0.15) is 48.1 Å². The lowest BCUT2D eigenvalue weighted by Crippen LogP contribution is -2.38. The van der Waals surface area contributed by atoms with Crippen molar-refractivity contribution < 1.29 is 8.42 Å². The zero-order chi connectivity index (χ0) is 19.7. The maximum absolute atomic E-state index is 13.0. The monoisotopic (exact) mass is 398 g/mol. The molecule has 0 bridgehead atoms. The first-order valence-electron chi connectivity index (χ1n) is 10.4. The van der Waals surface area contributed by atoms with Gasteiger partial charge in [-0.3, -0.25) is 4.90 Å². The molecule has 0 saturated carbocycles. The molecular formula is C23H30N2O2S. The summed E-state index contributed by atoms with van der Waals surface area (Å²) in [6.45, 7) is 7.01. The van der Waals surface area contributed by atoms with Crippen LogP contribution in [0.15, 0.2) is 47.4 Å². The van der Waals surface area contributed by atoms with Crippen molar-refractivity contribution in [3.8, 4) is 0 Å². The average molecular weight is 399 g/mol. The standard InChI is InChI=1S/C23H30N2O2S/c1-3-25(28(26,27)21-11-8-18(2)9-12-21)16-5-15-24-17-14-20-7-4-6-19-10-13-22(24)23(19)20/h4,6-9,11-12,22H,3,5,10,13-17H2,1-2H3. The van der Waals surface area contributed by atoms with Gasteiger partial charge in [0.05, 0.1) is 4.90 Å². The van der Waals surface area contributed by atoms with Crippen LogP contribution in [0.2, 0.25) is 0 Å². The van der Waals surface area contributed by atoms with Crippen LogP contribution in [0, 0.1) is 6.92 Å². The Labute approximate surface area is 169 Å². The summed E-state index contributed by atoms with van der Waals surface area (Å²) in [4.78, 5) is 2.97. The third kappa shape index (κ3) is 3.63. The van der Waals surface area contributed by atoms with Crippen LogP contribution in [0.3, 0.4) is 0 Å². The lowest BCUT2D eigenvalue weighted by atomic mass is 9.93. The summed E-state index contributed by atoms with van der Waals surface area (Å²) in [5, 5.41) is 0. The molecule has 150 valence electrons. The number of sulfonamides is 1. The van der Waals surface area contributed by atoms with Crippen LogP contribution in [-0.2, 0) is 22.9 Å². The normalized spacial score (nSPS) is 19.2. The quantitative estimate of drug-likeness (QED) is 0.709. The van der Waals surface area contributed by atoms with E-state index in [9.17, 15) is 8.42 Å². The van der Waals surface area contributed by atoms with Crippen molar-refractivity contribution in [3.05, 3.63) is 64.7 Å². The van der Waals surface area contributed by atoms with E-state index in [1.165, 1.54) is 24.0 Å². The SMILES string of the molecule is CCN(CCCN1CCc2cccc3c2C1CC3)S(=O)(=O)c1ccc(C)cc1. The van der Waals surface area contributed by atoms with Crippen molar-refractivity contribution in [2.45, 2.75) is 50.5 Å². The number of nitrogens with zero attached hydrogens (tertiary/aromatic N) is 2. The van der Waals surface area contributed by atoms with Crippen molar-refractivity contribution >= 4 is 10.0 Å². The Hall–Kier alpha value is -1.69. The van der Waals surface area contributed by atoms with Crippen molar-refractivity contribution in [1.29, 1.82) is 0 Å². The lowest BCUT2D eigenvalue weighted by Gasteiger charge is -2.35. The highest BCUT2D eigenvalue weighted by molar-refractivity contribution is 7.89. The first-order valence-corrected chi connectivity index (χ1v) is 11.9. The van der Waals surface area contributed by atoms with Crippen LogP contribution in [0.4, 0.5) is 0 Å². The Morgan fingerprint density at radius 1 is 1.07 bits per heavy atom. The summed E-state index contributed by atoms with van der Waals surface area (Å²) in [5.41, 5.74) is 5.68. The summed E-state index contributed by atoms with van der Waals surface area (Å²) < 4.78 is 27.5. The van der Waals surface area contributed by atoms with Gasteiger partial charge in [0.2, 0.25) is 10.0 Å². The molecular weight excluding hydrogens is 368 g/mol. The predicted octanol–water partition coefficient (Wildman–Crippen LogP) is 3.94. The number of benzene rings is 2. The Kier molecular flexibility index (Phi) is 5.59. The molecule has 1 unspecified atom stereocenters. The first kappa shape index (κ1) is 19.6. The lowest BCUT2D eigenvalue weighted by molar-refractivity contribution is 0.179. The highest BCUT2D eigenvalue weighted by atomic mass is 32.2. The van der Waals surface area contributed by atoms with Crippen LogP contribution in [-0.4, -0.2) is 43.8 Å². The predicted molar refractivity (Wildman–Crippen MR) is 113 cm³/mol. The smallest absolute Gasteiger partial charge is 0.243 e. The van der Waals surface area contributed by atoms with Crippen molar-refractivity contribution in [3.63, 3.8) is 0 Å². The zero-order valence-electron chi connectivity index (χ0n) is 16.9. The van der Waals surface area contributed by atoms with Crippen LogP contribution < -0.4 is 0 Å². The third-order valence-electron chi connectivity index (χ3n) is 6.28. The Morgan fingerprint density at radius 3 is 2.50 bits per heavy atom. The van der Waals surface area contributed by atoms with Crippen molar-refractivity contribution in [2.75, 3.05) is 26.2 Å². The van der Waals surface area contributed by atoms with Gasteiger partial charge in [-0.25, -0.2) is 8.42 Å². The van der Waals surface area contributed by atoms with Gasteiger partial charge in [0, 0.05) is 32.2 Å². The molecule has 0 aromatic heterocycles. The van der Waals surface area contributed by atoms with Gasteiger partial charge in [0.15, 0.2) is 0 Å². The zero-order valence-corrected chi connectivity index (χ0v) is 17.7. The minimum atomic E-state index is -3.41. The molecule has 2 aliphatic rings. The molecule has 1 atom stereocenters. The fraction of sp³-hybridized carbons (Fsp3) is 0.478. The molecule has 4 nitrogen and oxygen atoms in total. The van der Waals surface area contributed by atoms with Crippen LogP contribution in [0.5, 0.6) is 0 Å². The molecule has 1 heterocycles. The Balaban J connectivity index is 1.40. The largest absolute Gasteiger partial charge is 0.296 e. The highest BCUT2D eigenvalue weighted by Gasteiger charge is 2.33. The highest BCUT2D eigenvalue weighted by Crippen LogP contribution is 2.41. The van der Waals surface area contributed by atoms with E-state index >= 15 is 0 Å². The van der Waals surface area contributed by atoms with E-state index < -0.39 is 10.0 Å². The fourth-order valence-corrected chi connectivity index (χ4v) is 6.26. The van der Waals surface area contributed by atoms with Crippen molar-refractivity contribution in [1.82, 2.24) is 9.21 Å². The molecule has 2 aromatic carbocycles. The molecule has 28 heavy (non-hydrogen) atoms. The molecule has 0 radical (unpaired) electrons. The first-order chi connectivity index (χ1) is 13.5. The summed E-state index contributed by atoms with van der Waals surface area (Å²) >= 11 is 0. The molecule has 1 aliphatic carbocycles. The molecule has 0 saturated heterocycles. The maximum atomic E-state index is 13.0. The summed E-state index contributed by atoms with van der Waals surface area (Å²) in [6.07, 6.45) is 4.35. The second-order valence-corrected chi connectivity index (χ2v) is 9.93. The van der Waals surface area contributed by atoms with E-state index in [2.05, 4.69) is 23.1 Å². The molecule has 0 spiro atoms. The van der Waals surface area contributed by atoms with E-state index in [0.29, 0.717) is 24.0 Å². The Bertz CT molecular complexity index is 938. The second kappa shape index (κ2) is 7.97. The van der Waals surface area contributed by atoms with Crippen molar-refractivity contribution in [2.24, 2.45) is 0 Å². The maximum Gasteiger partial charge on any atom is 0.243 e. The van der Waals surface area contributed by atoms with Gasteiger partial charge >= 0.3 is 0 Å². The summed E-state index contributed by atoms with van der Waals surface area (Å²) in [6, 6.07) is 14.4. The number of aryl methyl sites for hydroxylation is 2. The van der Waals surface area contributed by atoms with Gasteiger partial charge in [-0.1, -0.05) is 42.8 Å². The van der Waals surface area contributed by atoms with Gasteiger partial charge in [0.1, 0.15) is 0 Å². The third-order valence-corrected chi connectivity index (χ3v) is 8.27. The molecule has 4 rings (SSSR count). The molecule has 0 N–H and O–H groups in total. The van der Waals surface area contributed by atoms with E-state index in [1.54, 1.807) is 22.0 Å². The summed E-state index contributed by atoms with van der Waals surface area (Å²) in [5.74, 6) is 0. The number of hydrogen-bond donors (Lipinski definition) is 0. The number of hydrogen-bond acceptors (Lipinski definition) is 3. The topological polar surface area (TPSA) is 40.6 Å². The molecule has 0 amide bonds. The van der Waals surface area contributed by atoms with Gasteiger partial charge in [0.25, 0.3) is 0 Å². The van der Waals surface area contributed by atoms with Crippen LogP contribution >= 0.6 is 0 Å². The minimum Gasteiger partial charge on any atom is -0.296 e. The molecule has 1 aliphatic heterocycles. The fourth-order valence-electron chi connectivity index (χ4n) is 4.78. The van der Waals surface area contributed by atoms with Gasteiger partial charge < -0.3 is 0 Å². The van der Waals surface area contributed by atoms with E-state index in [0.717, 1.165) is 31.5 Å². The number of rotatable bonds is 7. The van der Waals surface area contributed by atoms with Gasteiger partial charge in [-0.2, -0.15) is 4.31 Å². The van der Waals surface area contributed by atoms with E-state index in [1.807, 2.05) is 26.0 Å². The molecule has 5 heteroatoms. The second-order valence-electron chi connectivity index (χ2n) is 7.99. The minimum absolute atomic E-state index is 0.396. The van der Waals surface area contributed by atoms with Crippen LogP contribution in [0.25, 0.3) is 0 Å². The van der Waals surface area contributed by atoms with E-state index in [-0.39, 0.29) is 0 Å². The molecule has 2 aromatic rings.